The van der Waals surface area contributed by atoms with Crippen LogP contribution in [0.25, 0.3) is 22.6 Å². The van der Waals surface area contributed by atoms with Gasteiger partial charge < -0.3 is 19.9 Å². The Balaban J connectivity index is 1.49. The third-order valence-corrected chi connectivity index (χ3v) is 6.72. The monoisotopic (exact) mass is 543 g/mol. The molecule has 208 valence electrons. The first-order valence-electron chi connectivity index (χ1n) is 13.3. The number of nitrogen functional groups attached to an aromatic ring is 1. The summed E-state index contributed by atoms with van der Waals surface area (Å²) in [7, 11) is 0. The minimum absolute atomic E-state index is 0.191. The molecule has 1 amide bonds. The molecule has 4 N–H and O–H groups in total. The fourth-order valence-electron chi connectivity index (χ4n) is 4.62. The number of benzene rings is 1. The van der Waals surface area contributed by atoms with E-state index in [-0.39, 0.29) is 5.56 Å². The fraction of sp³-hybridized carbons (Fsp3) is 0.357. The SMILES string of the molecule is CCCn1c(C/C=C(\C)Cc2ncc(C(=O)NO)cn2)nc2c(N3CCOCC3)nc(-c3ccc(N)cc3)nc21. The minimum Gasteiger partial charge on any atom is -0.399 e. The van der Waals surface area contributed by atoms with Gasteiger partial charge in [0.2, 0.25) is 0 Å². The van der Waals surface area contributed by atoms with Gasteiger partial charge in [-0.2, -0.15) is 0 Å². The highest BCUT2D eigenvalue weighted by Gasteiger charge is 2.23. The number of hydrogen-bond acceptors (Lipinski definition) is 10. The molecule has 4 heterocycles. The topological polar surface area (TPSA) is 157 Å². The molecule has 4 aromatic rings. The Hall–Kier alpha value is -4.42. The maximum atomic E-state index is 11.5. The van der Waals surface area contributed by atoms with Crippen molar-refractivity contribution >= 4 is 28.6 Å². The van der Waals surface area contributed by atoms with Gasteiger partial charge in [0.25, 0.3) is 5.91 Å². The summed E-state index contributed by atoms with van der Waals surface area (Å²) in [6.45, 7) is 7.68. The van der Waals surface area contributed by atoms with Crippen LogP contribution >= 0.6 is 0 Å². The number of anilines is 2. The van der Waals surface area contributed by atoms with Crippen molar-refractivity contribution in [2.45, 2.75) is 39.7 Å². The zero-order valence-corrected chi connectivity index (χ0v) is 22.7. The van der Waals surface area contributed by atoms with Gasteiger partial charge in [0.1, 0.15) is 11.6 Å². The number of carbonyl (C=O) groups is 1. The number of allylic oxidation sites excluding steroid dienone is 2. The molecule has 5 rings (SSSR count). The first kappa shape index (κ1) is 27.2. The smallest absolute Gasteiger partial charge is 0.277 e. The molecule has 0 atom stereocenters. The molecule has 1 aromatic carbocycles. The summed E-state index contributed by atoms with van der Waals surface area (Å²) in [6.07, 6.45) is 6.96. The highest BCUT2D eigenvalue weighted by atomic mass is 16.5. The van der Waals surface area contributed by atoms with Crippen LogP contribution in [0.4, 0.5) is 11.5 Å². The third-order valence-electron chi connectivity index (χ3n) is 6.72. The number of rotatable bonds is 9. The van der Waals surface area contributed by atoms with Crippen molar-refractivity contribution in [1.82, 2.24) is 35.0 Å². The number of fused-ring (bicyclic) bond motifs is 1. The number of aromatic nitrogens is 6. The summed E-state index contributed by atoms with van der Waals surface area (Å²) in [5.74, 6) is 2.30. The predicted octanol–water partition coefficient (Wildman–Crippen LogP) is 2.96. The number of hydrogen-bond donors (Lipinski definition) is 3. The van der Waals surface area contributed by atoms with E-state index in [0.29, 0.717) is 43.4 Å². The van der Waals surface area contributed by atoms with Gasteiger partial charge in [-0.15, -0.1) is 0 Å². The first-order chi connectivity index (χ1) is 19.5. The number of hydroxylamine groups is 1. The number of morpholine rings is 1. The van der Waals surface area contributed by atoms with E-state index in [9.17, 15) is 4.79 Å². The number of amides is 1. The quantitative estimate of drug-likeness (QED) is 0.124. The third kappa shape index (κ3) is 5.92. The van der Waals surface area contributed by atoms with Crippen molar-refractivity contribution in [2.24, 2.45) is 0 Å². The Morgan fingerprint density at radius 2 is 1.85 bits per heavy atom. The molecule has 0 unspecified atom stereocenters. The Labute approximate surface area is 231 Å². The van der Waals surface area contributed by atoms with E-state index in [1.807, 2.05) is 31.2 Å². The normalized spacial score (nSPS) is 14.1. The molecular formula is C28H33N9O3. The lowest BCUT2D eigenvalue weighted by atomic mass is 10.1. The number of imidazole rings is 1. The highest BCUT2D eigenvalue weighted by molar-refractivity contribution is 5.92. The lowest BCUT2D eigenvalue weighted by Gasteiger charge is -2.28. The molecule has 0 bridgehead atoms. The predicted molar refractivity (Wildman–Crippen MR) is 151 cm³/mol. The maximum Gasteiger partial charge on any atom is 0.277 e. The van der Waals surface area contributed by atoms with E-state index in [1.54, 1.807) is 5.48 Å². The number of nitrogens with two attached hydrogens (primary N) is 1. The van der Waals surface area contributed by atoms with Crippen molar-refractivity contribution < 1.29 is 14.7 Å². The molecule has 12 heteroatoms. The summed E-state index contributed by atoms with van der Waals surface area (Å²) in [5.41, 5.74) is 12.0. The van der Waals surface area contributed by atoms with Gasteiger partial charge >= 0.3 is 0 Å². The molecule has 3 aromatic heterocycles. The highest BCUT2D eigenvalue weighted by Crippen LogP contribution is 2.29. The fourth-order valence-corrected chi connectivity index (χ4v) is 4.62. The van der Waals surface area contributed by atoms with Crippen LogP contribution in [-0.4, -0.2) is 66.9 Å². The van der Waals surface area contributed by atoms with E-state index in [2.05, 4.69) is 32.4 Å². The summed E-state index contributed by atoms with van der Waals surface area (Å²) in [6, 6.07) is 7.60. The van der Waals surface area contributed by atoms with Gasteiger partial charge in [-0.05, 0) is 37.6 Å². The lowest BCUT2D eigenvalue weighted by Crippen LogP contribution is -2.37. The molecule has 1 aliphatic heterocycles. The Morgan fingerprint density at radius 3 is 2.52 bits per heavy atom. The minimum atomic E-state index is -0.646. The molecule has 0 radical (unpaired) electrons. The summed E-state index contributed by atoms with van der Waals surface area (Å²) in [4.78, 5) is 37.3. The summed E-state index contributed by atoms with van der Waals surface area (Å²) >= 11 is 0. The van der Waals surface area contributed by atoms with Crippen molar-refractivity contribution in [3.8, 4) is 11.4 Å². The number of nitrogens with one attached hydrogen (secondary N) is 1. The maximum absolute atomic E-state index is 11.5. The second kappa shape index (κ2) is 12.2. The Kier molecular flexibility index (Phi) is 8.27. The van der Waals surface area contributed by atoms with Crippen LogP contribution in [0, 0.1) is 0 Å². The Morgan fingerprint density at radius 1 is 1.12 bits per heavy atom. The average Bonchev–Trinajstić information content (AvgIpc) is 3.33. The van der Waals surface area contributed by atoms with Crippen LogP contribution in [-0.2, 0) is 24.1 Å². The number of nitrogens with zero attached hydrogens (tertiary/aromatic N) is 7. The molecule has 1 saturated heterocycles. The van der Waals surface area contributed by atoms with Crippen molar-refractivity contribution in [1.29, 1.82) is 0 Å². The number of ether oxygens (including phenoxy) is 1. The molecule has 0 spiro atoms. The van der Waals surface area contributed by atoms with Crippen molar-refractivity contribution in [3.63, 3.8) is 0 Å². The molecule has 0 saturated carbocycles. The van der Waals surface area contributed by atoms with Crippen LogP contribution in [0.3, 0.4) is 0 Å². The van der Waals surface area contributed by atoms with Gasteiger partial charge in [-0.1, -0.05) is 18.6 Å². The van der Waals surface area contributed by atoms with E-state index in [0.717, 1.165) is 60.0 Å². The molecule has 1 fully saturated rings. The zero-order chi connectivity index (χ0) is 28.1. The Bertz CT molecular complexity index is 1510. The zero-order valence-electron chi connectivity index (χ0n) is 22.7. The first-order valence-corrected chi connectivity index (χ1v) is 13.3. The molecule has 12 nitrogen and oxygen atoms in total. The molecular weight excluding hydrogens is 510 g/mol. The molecule has 40 heavy (non-hydrogen) atoms. The summed E-state index contributed by atoms with van der Waals surface area (Å²) in [5, 5.41) is 8.78. The van der Waals surface area contributed by atoms with Crippen LogP contribution in [0.1, 0.15) is 42.3 Å². The van der Waals surface area contributed by atoms with Crippen LogP contribution < -0.4 is 16.1 Å². The summed E-state index contributed by atoms with van der Waals surface area (Å²) < 4.78 is 7.78. The van der Waals surface area contributed by atoms with Gasteiger partial charge in [-0.3, -0.25) is 10.0 Å². The molecule has 0 aliphatic carbocycles. The van der Waals surface area contributed by atoms with Crippen LogP contribution in [0.15, 0.2) is 48.3 Å². The van der Waals surface area contributed by atoms with E-state index in [1.165, 1.54) is 12.4 Å². The van der Waals surface area contributed by atoms with Crippen molar-refractivity contribution in [2.75, 3.05) is 36.9 Å². The van der Waals surface area contributed by atoms with Gasteiger partial charge in [0.05, 0.1) is 18.8 Å². The van der Waals surface area contributed by atoms with Crippen molar-refractivity contribution in [3.05, 3.63) is 65.5 Å². The van der Waals surface area contributed by atoms with E-state index < -0.39 is 5.91 Å². The van der Waals surface area contributed by atoms with E-state index >= 15 is 0 Å². The van der Waals surface area contributed by atoms with Gasteiger partial charge in [0.15, 0.2) is 22.8 Å². The second-order valence-corrected chi connectivity index (χ2v) is 9.70. The van der Waals surface area contributed by atoms with Gasteiger partial charge in [-0.25, -0.2) is 30.4 Å². The van der Waals surface area contributed by atoms with E-state index in [4.69, 9.17) is 30.6 Å². The van der Waals surface area contributed by atoms with Crippen LogP contribution in [0.2, 0.25) is 0 Å². The van der Waals surface area contributed by atoms with Crippen LogP contribution in [0.5, 0.6) is 0 Å². The average molecular weight is 544 g/mol. The standard InChI is InChI=1S/C28H33N9O3/c1-3-10-37-23(9-4-18(2)15-22-30-16-20(17-31-22)28(38)35-39)32-24-26(36-11-13-40-14-12-36)33-25(34-27(24)37)19-5-7-21(29)8-6-19/h4-8,16-17,39H,3,9-15,29H2,1-2H3,(H,35,38)/b18-4+. The number of aryl methyl sites for hydroxylation is 1. The second-order valence-electron chi connectivity index (χ2n) is 9.70. The molecule has 1 aliphatic rings. The van der Waals surface area contributed by atoms with Gasteiger partial charge in [0, 0.05) is 56.1 Å². The largest absolute Gasteiger partial charge is 0.399 e. The number of carbonyl (C=O) groups excluding carboxylic acids is 1. The lowest BCUT2D eigenvalue weighted by molar-refractivity contribution is 0.0705.